The number of aliphatic hydroxyl groups is 1. The molecule has 1 aliphatic carbocycles. The van der Waals surface area contributed by atoms with Gasteiger partial charge in [-0.3, -0.25) is 15.0 Å². The van der Waals surface area contributed by atoms with Crippen LogP contribution in [0.1, 0.15) is 38.7 Å². The highest BCUT2D eigenvalue weighted by Gasteiger charge is 2.56. The van der Waals surface area contributed by atoms with Crippen LogP contribution < -0.4 is 5.43 Å². The number of hydrogen-bond donors (Lipinski definition) is 2. The van der Waals surface area contributed by atoms with Crippen LogP contribution in [0.3, 0.4) is 0 Å². The molecule has 0 spiro atoms. The van der Waals surface area contributed by atoms with Crippen LogP contribution in [-0.4, -0.2) is 41.6 Å². The van der Waals surface area contributed by atoms with Crippen LogP contribution in [0, 0.1) is 11.8 Å². The first-order valence-electron chi connectivity index (χ1n) is 10.9. The molecule has 0 amide bonds. The molecule has 7 nitrogen and oxygen atoms in total. The van der Waals surface area contributed by atoms with Gasteiger partial charge in [-0.2, -0.15) is 5.10 Å². The van der Waals surface area contributed by atoms with Gasteiger partial charge < -0.3 is 14.6 Å². The first kappa shape index (κ1) is 23.5. The number of benzene rings is 2. The number of ether oxygens (including phenoxy) is 2. The minimum atomic E-state index is -1.48. The zero-order valence-corrected chi connectivity index (χ0v) is 18.7. The summed E-state index contributed by atoms with van der Waals surface area (Å²) in [6, 6.07) is 18.5. The highest BCUT2D eigenvalue weighted by atomic mass is 16.5. The zero-order valence-electron chi connectivity index (χ0n) is 18.7. The van der Waals surface area contributed by atoms with E-state index >= 15 is 0 Å². The number of rotatable bonds is 7. The lowest BCUT2D eigenvalue weighted by atomic mass is 9.61. The second-order valence-electron chi connectivity index (χ2n) is 8.01. The van der Waals surface area contributed by atoms with Crippen molar-refractivity contribution in [2.24, 2.45) is 16.9 Å². The number of nitrogens with one attached hydrogen (secondary N) is 1. The van der Waals surface area contributed by atoms with Crippen LogP contribution in [0.5, 0.6) is 0 Å². The standard InChI is InChI=1S/C25H30N2O5/c1-4-31-23(28)21-19(27-26-18-14-10-7-11-15-18)16-25(3,30)22(24(29)32-5-2)20(21)17-12-8-6-9-13-17/h6-15,20-22,26,30H,4-5,16H2,1-3H3/b27-19-/t20-,21+,22-,25+/m1/s1. The number of carbonyl (C=O) groups is 2. The molecule has 32 heavy (non-hydrogen) atoms. The van der Waals surface area contributed by atoms with E-state index in [1.807, 2.05) is 60.7 Å². The van der Waals surface area contributed by atoms with Crippen molar-refractivity contribution in [3.8, 4) is 0 Å². The van der Waals surface area contributed by atoms with E-state index in [1.165, 1.54) is 0 Å². The van der Waals surface area contributed by atoms with Gasteiger partial charge >= 0.3 is 11.9 Å². The van der Waals surface area contributed by atoms with E-state index in [9.17, 15) is 14.7 Å². The summed E-state index contributed by atoms with van der Waals surface area (Å²) in [6.07, 6.45) is 0.0170. The minimum absolute atomic E-state index is 0.0170. The van der Waals surface area contributed by atoms with E-state index in [1.54, 1.807) is 20.8 Å². The summed E-state index contributed by atoms with van der Waals surface area (Å²) in [4.78, 5) is 26.2. The summed E-state index contributed by atoms with van der Waals surface area (Å²) in [5, 5.41) is 15.9. The Morgan fingerprint density at radius 2 is 1.56 bits per heavy atom. The molecule has 0 aromatic heterocycles. The van der Waals surface area contributed by atoms with Gasteiger partial charge in [0.15, 0.2) is 0 Å². The molecule has 4 atom stereocenters. The van der Waals surface area contributed by atoms with Crippen molar-refractivity contribution < 1.29 is 24.2 Å². The predicted octanol–water partition coefficient (Wildman–Crippen LogP) is 3.75. The zero-order chi connectivity index (χ0) is 23.1. The number of hydrazone groups is 1. The molecular formula is C25H30N2O5. The smallest absolute Gasteiger partial charge is 0.315 e. The average molecular weight is 439 g/mol. The lowest BCUT2D eigenvalue weighted by molar-refractivity contribution is -0.163. The minimum Gasteiger partial charge on any atom is -0.466 e. The highest BCUT2D eigenvalue weighted by Crippen LogP contribution is 2.47. The summed E-state index contributed by atoms with van der Waals surface area (Å²) in [5.74, 6) is -3.55. The van der Waals surface area contributed by atoms with Crippen molar-refractivity contribution >= 4 is 23.3 Å². The third kappa shape index (κ3) is 5.16. The summed E-state index contributed by atoms with van der Waals surface area (Å²) in [5.41, 5.74) is 3.39. The SMILES string of the molecule is CCOC(=O)[C@H]1/C(=N\Nc2ccccc2)C[C@](C)(O)[C@@H](C(=O)OCC)[C@@H]1c1ccccc1. The Morgan fingerprint density at radius 1 is 1.00 bits per heavy atom. The van der Waals surface area contributed by atoms with Crippen LogP contribution in [0.2, 0.25) is 0 Å². The van der Waals surface area contributed by atoms with Crippen molar-refractivity contribution in [1.29, 1.82) is 0 Å². The second-order valence-corrected chi connectivity index (χ2v) is 8.01. The maximum Gasteiger partial charge on any atom is 0.315 e. The first-order chi connectivity index (χ1) is 15.4. The van der Waals surface area contributed by atoms with Crippen LogP contribution in [0.15, 0.2) is 65.8 Å². The Balaban J connectivity index is 2.12. The van der Waals surface area contributed by atoms with E-state index in [0.717, 1.165) is 11.3 Å². The number of para-hydroxylation sites is 1. The summed E-state index contributed by atoms with van der Waals surface area (Å²) >= 11 is 0. The third-order valence-corrected chi connectivity index (χ3v) is 5.65. The number of esters is 2. The summed E-state index contributed by atoms with van der Waals surface area (Å²) < 4.78 is 10.7. The molecule has 0 bridgehead atoms. The molecule has 2 aromatic carbocycles. The molecule has 2 N–H and O–H groups in total. The highest BCUT2D eigenvalue weighted by molar-refractivity contribution is 6.06. The molecule has 0 heterocycles. The van der Waals surface area contributed by atoms with E-state index in [2.05, 4.69) is 10.5 Å². The van der Waals surface area contributed by atoms with Gasteiger partial charge in [0.05, 0.1) is 36.1 Å². The van der Waals surface area contributed by atoms with Gasteiger partial charge in [-0.15, -0.1) is 0 Å². The van der Waals surface area contributed by atoms with Gasteiger partial charge in [0.2, 0.25) is 0 Å². The van der Waals surface area contributed by atoms with Gasteiger partial charge in [0.25, 0.3) is 0 Å². The van der Waals surface area contributed by atoms with Gasteiger partial charge in [-0.05, 0) is 38.5 Å². The number of nitrogens with zero attached hydrogens (tertiary/aromatic N) is 1. The maximum absolute atomic E-state index is 13.2. The van der Waals surface area contributed by atoms with Crippen LogP contribution in [0.4, 0.5) is 5.69 Å². The number of anilines is 1. The molecule has 1 fully saturated rings. The second kappa shape index (κ2) is 10.4. The third-order valence-electron chi connectivity index (χ3n) is 5.65. The average Bonchev–Trinajstić information content (AvgIpc) is 2.78. The van der Waals surface area contributed by atoms with Crippen LogP contribution in [0.25, 0.3) is 0 Å². The molecule has 1 aliphatic rings. The molecule has 2 aromatic rings. The van der Waals surface area contributed by atoms with Gasteiger partial charge in [0.1, 0.15) is 5.92 Å². The van der Waals surface area contributed by atoms with Crippen molar-refractivity contribution in [2.45, 2.75) is 38.7 Å². The Kier molecular flexibility index (Phi) is 7.64. The molecule has 0 aliphatic heterocycles. The normalized spacial score (nSPS) is 26.4. The monoisotopic (exact) mass is 438 g/mol. The van der Waals surface area contributed by atoms with E-state index in [0.29, 0.717) is 5.71 Å². The molecule has 0 unspecified atom stereocenters. The Morgan fingerprint density at radius 3 is 2.16 bits per heavy atom. The molecule has 0 saturated heterocycles. The lowest BCUT2D eigenvalue weighted by Gasteiger charge is -2.45. The van der Waals surface area contributed by atoms with E-state index < -0.39 is 35.3 Å². The molecular weight excluding hydrogens is 408 g/mol. The topological polar surface area (TPSA) is 97.2 Å². The Labute approximate surface area is 188 Å². The predicted molar refractivity (Wildman–Crippen MR) is 122 cm³/mol. The largest absolute Gasteiger partial charge is 0.466 e. The maximum atomic E-state index is 13.2. The molecule has 170 valence electrons. The number of carbonyl (C=O) groups excluding carboxylic acids is 2. The first-order valence-corrected chi connectivity index (χ1v) is 10.9. The molecule has 7 heteroatoms. The van der Waals surface area contributed by atoms with Gasteiger partial charge in [0, 0.05) is 12.3 Å². The van der Waals surface area contributed by atoms with Crippen molar-refractivity contribution in [3.05, 3.63) is 66.2 Å². The Hall–Kier alpha value is -3.19. The fourth-order valence-corrected chi connectivity index (χ4v) is 4.34. The summed E-state index contributed by atoms with van der Waals surface area (Å²) in [7, 11) is 0. The van der Waals surface area contributed by atoms with Crippen LogP contribution in [-0.2, 0) is 19.1 Å². The van der Waals surface area contributed by atoms with Crippen molar-refractivity contribution in [3.63, 3.8) is 0 Å². The van der Waals surface area contributed by atoms with Gasteiger partial charge in [-0.25, -0.2) is 0 Å². The van der Waals surface area contributed by atoms with Gasteiger partial charge in [-0.1, -0.05) is 48.5 Å². The number of hydrogen-bond acceptors (Lipinski definition) is 7. The van der Waals surface area contributed by atoms with E-state index in [4.69, 9.17) is 9.47 Å². The molecule has 0 radical (unpaired) electrons. The fraction of sp³-hybridized carbons (Fsp3) is 0.400. The Bertz CT molecular complexity index is 943. The molecule has 1 saturated carbocycles. The van der Waals surface area contributed by atoms with Crippen molar-refractivity contribution in [1.82, 2.24) is 0 Å². The fourth-order valence-electron chi connectivity index (χ4n) is 4.34. The van der Waals surface area contributed by atoms with Crippen molar-refractivity contribution in [2.75, 3.05) is 18.6 Å². The lowest BCUT2D eigenvalue weighted by Crippen LogP contribution is -2.55. The van der Waals surface area contributed by atoms with E-state index in [-0.39, 0.29) is 19.6 Å². The molecule has 3 rings (SSSR count). The van der Waals surface area contributed by atoms with Crippen LogP contribution >= 0.6 is 0 Å². The quantitative estimate of drug-likeness (QED) is 0.505. The summed E-state index contributed by atoms with van der Waals surface area (Å²) in [6.45, 7) is 5.40.